The zero-order valence-electron chi connectivity index (χ0n) is 7.19. The lowest BCUT2D eigenvalue weighted by Gasteiger charge is -2.12. The van der Waals surface area contributed by atoms with E-state index in [0.717, 1.165) is 18.4 Å². The van der Waals surface area contributed by atoms with Crippen LogP contribution < -0.4 is 0 Å². The lowest BCUT2D eigenvalue weighted by molar-refractivity contribution is -0.113. The van der Waals surface area contributed by atoms with Crippen LogP contribution in [0.2, 0.25) is 10.0 Å². The first-order chi connectivity index (χ1) is 6.56. The third-order valence-corrected chi connectivity index (χ3v) is 3.48. The van der Waals surface area contributed by atoms with Crippen molar-refractivity contribution in [2.45, 2.75) is 18.3 Å². The van der Waals surface area contributed by atoms with Gasteiger partial charge in [-0.2, -0.15) is 0 Å². The number of halogens is 3. The standard InChI is InChI=1S/C10H7Cl3O/c11-6-1-2-7(8(12)5-6)10(3-4-10)9(13)14/h1-2,5H,3-4H2. The van der Waals surface area contributed by atoms with Crippen molar-refractivity contribution in [3.63, 3.8) is 0 Å². The van der Waals surface area contributed by atoms with Crippen molar-refractivity contribution in [1.29, 1.82) is 0 Å². The average molecular weight is 250 g/mol. The fraction of sp³-hybridized carbons (Fsp3) is 0.300. The third-order valence-electron chi connectivity index (χ3n) is 2.57. The van der Waals surface area contributed by atoms with Crippen molar-refractivity contribution in [3.8, 4) is 0 Å². The van der Waals surface area contributed by atoms with E-state index >= 15 is 0 Å². The lowest BCUT2D eigenvalue weighted by Crippen LogP contribution is -2.15. The number of hydrogen-bond donors (Lipinski definition) is 0. The molecular formula is C10H7Cl3O. The number of benzene rings is 1. The van der Waals surface area contributed by atoms with Crippen LogP contribution >= 0.6 is 34.8 Å². The molecule has 0 radical (unpaired) electrons. The molecule has 2 rings (SSSR count). The van der Waals surface area contributed by atoms with Crippen LogP contribution in [-0.2, 0) is 10.2 Å². The maximum absolute atomic E-state index is 11.2. The average Bonchev–Trinajstić information content (AvgIpc) is 2.84. The van der Waals surface area contributed by atoms with Crippen LogP contribution in [0.4, 0.5) is 0 Å². The van der Waals surface area contributed by atoms with Gasteiger partial charge in [0, 0.05) is 10.0 Å². The quantitative estimate of drug-likeness (QED) is 0.729. The van der Waals surface area contributed by atoms with Crippen LogP contribution in [0.5, 0.6) is 0 Å². The first kappa shape index (κ1) is 10.3. The van der Waals surface area contributed by atoms with E-state index in [1.54, 1.807) is 18.2 Å². The van der Waals surface area contributed by atoms with Crippen LogP contribution in [-0.4, -0.2) is 5.24 Å². The van der Waals surface area contributed by atoms with E-state index in [1.807, 2.05) is 0 Å². The Labute approximate surface area is 97.0 Å². The van der Waals surface area contributed by atoms with Gasteiger partial charge in [-0.25, -0.2) is 0 Å². The monoisotopic (exact) mass is 248 g/mol. The van der Waals surface area contributed by atoms with Gasteiger partial charge < -0.3 is 0 Å². The minimum absolute atomic E-state index is 0.332. The normalized spacial score (nSPS) is 17.9. The molecule has 1 aliphatic carbocycles. The molecule has 4 heteroatoms. The molecule has 0 aromatic heterocycles. The molecule has 0 atom stereocenters. The van der Waals surface area contributed by atoms with E-state index in [0.29, 0.717) is 10.0 Å². The van der Waals surface area contributed by atoms with Crippen LogP contribution in [0, 0.1) is 0 Å². The minimum atomic E-state index is -0.538. The molecule has 74 valence electrons. The van der Waals surface area contributed by atoms with E-state index in [4.69, 9.17) is 34.8 Å². The van der Waals surface area contributed by atoms with Crippen molar-refractivity contribution >= 4 is 40.0 Å². The Morgan fingerprint density at radius 3 is 2.36 bits per heavy atom. The number of hydrogen-bond acceptors (Lipinski definition) is 1. The van der Waals surface area contributed by atoms with Crippen molar-refractivity contribution in [2.24, 2.45) is 0 Å². The Bertz CT molecular complexity index is 396. The van der Waals surface area contributed by atoms with Crippen molar-refractivity contribution in [2.75, 3.05) is 0 Å². The Balaban J connectivity index is 2.47. The minimum Gasteiger partial charge on any atom is -0.280 e. The Morgan fingerprint density at radius 1 is 1.29 bits per heavy atom. The maximum atomic E-state index is 11.2. The molecule has 0 aliphatic heterocycles. The molecule has 1 aromatic carbocycles. The molecule has 0 spiro atoms. The largest absolute Gasteiger partial charge is 0.280 e. The van der Waals surface area contributed by atoms with Crippen LogP contribution in [0.1, 0.15) is 18.4 Å². The van der Waals surface area contributed by atoms with Crippen molar-refractivity contribution in [1.82, 2.24) is 0 Å². The second-order valence-electron chi connectivity index (χ2n) is 3.48. The predicted molar refractivity (Wildman–Crippen MR) is 58.2 cm³/mol. The number of carbonyl (C=O) groups excluding carboxylic acids is 1. The van der Waals surface area contributed by atoms with Crippen LogP contribution in [0.15, 0.2) is 18.2 Å². The van der Waals surface area contributed by atoms with Gasteiger partial charge in [-0.15, -0.1) is 0 Å². The molecule has 14 heavy (non-hydrogen) atoms. The summed E-state index contributed by atoms with van der Waals surface area (Å²) in [7, 11) is 0. The molecule has 1 saturated carbocycles. The lowest BCUT2D eigenvalue weighted by atomic mass is 9.97. The molecule has 0 N–H and O–H groups in total. The SMILES string of the molecule is O=C(Cl)C1(c2ccc(Cl)cc2Cl)CC1. The summed E-state index contributed by atoms with van der Waals surface area (Å²) in [6.07, 6.45) is 1.55. The van der Waals surface area contributed by atoms with Gasteiger partial charge in [0.15, 0.2) is 0 Å². The van der Waals surface area contributed by atoms with E-state index in [2.05, 4.69) is 0 Å². The molecule has 0 bridgehead atoms. The Morgan fingerprint density at radius 2 is 1.93 bits per heavy atom. The highest BCUT2D eigenvalue weighted by Gasteiger charge is 2.51. The number of carbonyl (C=O) groups is 1. The summed E-state index contributed by atoms with van der Waals surface area (Å²) < 4.78 is 0. The third kappa shape index (κ3) is 1.54. The molecule has 0 unspecified atom stereocenters. The van der Waals surface area contributed by atoms with Gasteiger partial charge in [-0.1, -0.05) is 29.3 Å². The Hall–Kier alpha value is -0.240. The molecule has 0 amide bonds. The van der Waals surface area contributed by atoms with E-state index in [1.165, 1.54) is 0 Å². The topological polar surface area (TPSA) is 17.1 Å². The molecular weight excluding hydrogens is 242 g/mol. The summed E-state index contributed by atoms with van der Waals surface area (Å²) >= 11 is 17.3. The zero-order chi connectivity index (χ0) is 10.3. The molecule has 1 fully saturated rings. The summed E-state index contributed by atoms with van der Waals surface area (Å²) in [5, 5.41) is 0.752. The predicted octanol–water partition coefficient (Wildman–Crippen LogP) is 3.79. The summed E-state index contributed by atoms with van der Waals surface area (Å²) in [6, 6.07) is 5.14. The van der Waals surface area contributed by atoms with Crippen LogP contribution in [0.3, 0.4) is 0 Å². The summed E-state index contributed by atoms with van der Waals surface area (Å²) in [6.45, 7) is 0. The van der Waals surface area contributed by atoms with Crippen molar-refractivity contribution in [3.05, 3.63) is 33.8 Å². The smallest absolute Gasteiger partial charge is 0.232 e. The van der Waals surface area contributed by atoms with Gasteiger partial charge >= 0.3 is 0 Å². The number of rotatable bonds is 2. The summed E-state index contributed by atoms with van der Waals surface area (Å²) in [5.74, 6) is 0. The van der Waals surface area contributed by atoms with Crippen LogP contribution in [0.25, 0.3) is 0 Å². The van der Waals surface area contributed by atoms with E-state index in [-0.39, 0.29) is 5.24 Å². The maximum Gasteiger partial charge on any atom is 0.232 e. The first-order valence-electron chi connectivity index (χ1n) is 4.22. The first-order valence-corrected chi connectivity index (χ1v) is 5.35. The van der Waals surface area contributed by atoms with Gasteiger partial charge in [-0.05, 0) is 42.1 Å². The Kier molecular flexibility index (Phi) is 2.50. The van der Waals surface area contributed by atoms with Gasteiger partial charge in [0.05, 0.1) is 5.41 Å². The fourth-order valence-corrected chi connectivity index (χ4v) is 2.45. The highest BCUT2D eigenvalue weighted by molar-refractivity contribution is 6.66. The highest BCUT2D eigenvalue weighted by Crippen LogP contribution is 2.52. The second-order valence-corrected chi connectivity index (χ2v) is 4.67. The molecule has 0 saturated heterocycles. The molecule has 1 aromatic rings. The fourth-order valence-electron chi connectivity index (χ4n) is 1.57. The molecule has 1 nitrogen and oxygen atoms in total. The van der Waals surface area contributed by atoms with Crippen molar-refractivity contribution < 1.29 is 4.79 Å². The van der Waals surface area contributed by atoms with Gasteiger partial charge in [0.2, 0.25) is 5.24 Å². The molecule has 1 aliphatic rings. The zero-order valence-corrected chi connectivity index (χ0v) is 9.46. The summed E-state index contributed by atoms with van der Waals surface area (Å²) in [4.78, 5) is 11.2. The van der Waals surface area contributed by atoms with E-state index < -0.39 is 5.41 Å². The van der Waals surface area contributed by atoms with E-state index in [9.17, 15) is 4.79 Å². The highest BCUT2D eigenvalue weighted by atomic mass is 35.5. The van der Waals surface area contributed by atoms with Gasteiger partial charge in [0.25, 0.3) is 0 Å². The second kappa shape index (κ2) is 3.41. The summed E-state index contributed by atoms with van der Waals surface area (Å²) in [5.41, 5.74) is 0.257. The molecule has 0 heterocycles. The van der Waals surface area contributed by atoms with Gasteiger partial charge in [-0.3, -0.25) is 4.79 Å². The van der Waals surface area contributed by atoms with Gasteiger partial charge in [0.1, 0.15) is 0 Å².